The summed E-state index contributed by atoms with van der Waals surface area (Å²) in [6.45, 7) is -0.590. The summed E-state index contributed by atoms with van der Waals surface area (Å²) >= 11 is 0. The number of phenolic OH excluding ortho intramolecular Hbond substituents is 1. The van der Waals surface area contributed by atoms with Crippen molar-refractivity contribution in [1.29, 1.82) is 0 Å². The van der Waals surface area contributed by atoms with Gasteiger partial charge in [0.05, 0.1) is 12.0 Å². The Morgan fingerprint density at radius 3 is 2.71 bits per heavy atom. The van der Waals surface area contributed by atoms with Crippen molar-refractivity contribution in [2.75, 3.05) is 10.8 Å². The van der Waals surface area contributed by atoms with Gasteiger partial charge in [0.2, 0.25) is 0 Å². The molecule has 1 saturated heterocycles. The third-order valence-electron chi connectivity index (χ3n) is 4.01. The first-order valence-electron chi connectivity index (χ1n) is 7.25. The van der Waals surface area contributed by atoms with Crippen LogP contribution in [0.15, 0.2) is 24.7 Å². The predicted molar refractivity (Wildman–Crippen MR) is 82.0 cm³/mol. The number of carbonyl (C=O) groups excluding carboxylic acids is 1. The SMILES string of the molecule is O=C1CN(c2c(O)ccc(-c3cn(C4CC4)cn3)c2F)S(=O)(=O)N1. The van der Waals surface area contributed by atoms with Crippen LogP contribution in [-0.2, 0) is 15.0 Å². The molecule has 1 aromatic heterocycles. The van der Waals surface area contributed by atoms with E-state index >= 15 is 0 Å². The van der Waals surface area contributed by atoms with Crippen LogP contribution in [-0.4, -0.2) is 35.5 Å². The number of amides is 1. The van der Waals surface area contributed by atoms with E-state index < -0.39 is 39.9 Å². The maximum absolute atomic E-state index is 14.9. The second-order valence-corrected chi connectivity index (χ2v) is 7.36. The highest BCUT2D eigenvalue weighted by molar-refractivity contribution is 7.92. The number of anilines is 1. The average Bonchev–Trinajstić information content (AvgIpc) is 3.17. The predicted octanol–water partition coefficient (Wildman–Crippen LogP) is 0.911. The van der Waals surface area contributed by atoms with Crippen molar-refractivity contribution >= 4 is 21.8 Å². The van der Waals surface area contributed by atoms with Crippen molar-refractivity contribution in [3.05, 3.63) is 30.5 Å². The number of nitrogens with zero attached hydrogens (tertiary/aromatic N) is 3. The minimum Gasteiger partial charge on any atom is -0.506 e. The quantitative estimate of drug-likeness (QED) is 0.854. The fraction of sp³-hybridized carbons (Fsp3) is 0.286. The molecule has 1 saturated carbocycles. The van der Waals surface area contributed by atoms with Crippen LogP contribution in [0.25, 0.3) is 11.3 Å². The molecule has 2 fully saturated rings. The van der Waals surface area contributed by atoms with Crippen LogP contribution in [0.5, 0.6) is 5.75 Å². The van der Waals surface area contributed by atoms with Gasteiger partial charge in [-0.2, -0.15) is 8.42 Å². The number of phenols is 1. The Labute approximate surface area is 136 Å². The largest absolute Gasteiger partial charge is 0.506 e. The number of hydrogen-bond acceptors (Lipinski definition) is 5. The molecule has 1 aromatic carbocycles. The molecule has 24 heavy (non-hydrogen) atoms. The molecule has 2 aliphatic rings. The standard InChI is InChI=1S/C14H13FN4O4S/c15-13-9(10-5-18(7-16-10)8-1-2-8)3-4-11(20)14(13)19-6-12(21)17-24(19,22)23/h3-5,7-8,20H,1-2,6H2,(H,17,21). The van der Waals surface area contributed by atoms with Crippen LogP contribution in [0.3, 0.4) is 0 Å². The number of imidazole rings is 1. The Bertz CT molecular complexity index is 952. The van der Waals surface area contributed by atoms with Crippen LogP contribution in [0, 0.1) is 5.82 Å². The van der Waals surface area contributed by atoms with E-state index in [4.69, 9.17) is 0 Å². The smallest absolute Gasteiger partial charge is 0.326 e. The highest BCUT2D eigenvalue weighted by Gasteiger charge is 2.38. The summed E-state index contributed by atoms with van der Waals surface area (Å²) in [5, 5.41) is 9.93. The van der Waals surface area contributed by atoms with E-state index in [1.165, 1.54) is 12.1 Å². The minimum atomic E-state index is -4.22. The lowest BCUT2D eigenvalue weighted by Gasteiger charge is -2.18. The van der Waals surface area contributed by atoms with E-state index in [1.807, 2.05) is 4.57 Å². The van der Waals surface area contributed by atoms with Gasteiger partial charge in [0.15, 0.2) is 5.82 Å². The van der Waals surface area contributed by atoms with Gasteiger partial charge in [-0.15, -0.1) is 0 Å². The van der Waals surface area contributed by atoms with Gasteiger partial charge in [0.1, 0.15) is 18.0 Å². The van der Waals surface area contributed by atoms with Gasteiger partial charge in [0.25, 0.3) is 5.91 Å². The second kappa shape index (κ2) is 4.94. The van der Waals surface area contributed by atoms with E-state index in [-0.39, 0.29) is 5.56 Å². The highest BCUT2D eigenvalue weighted by Crippen LogP contribution is 2.40. The molecule has 126 valence electrons. The molecule has 0 unspecified atom stereocenters. The zero-order valence-electron chi connectivity index (χ0n) is 12.3. The van der Waals surface area contributed by atoms with Gasteiger partial charge in [-0.3, -0.25) is 4.79 Å². The fourth-order valence-corrected chi connectivity index (χ4v) is 3.85. The molecule has 8 nitrogen and oxygen atoms in total. The van der Waals surface area contributed by atoms with Crippen molar-refractivity contribution in [2.45, 2.75) is 18.9 Å². The van der Waals surface area contributed by atoms with E-state index in [9.17, 15) is 22.7 Å². The van der Waals surface area contributed by atoms with E-state index in [2.05, 4.69) is 4.98 Å². The fourth-order valence-electron chi connectivity index (χ4n) is 2.68. The molecule has 1 aliphatic heterocycles. The summed E-state index contributed by atoms with van der Waals surface area (Å²) in [6, 6.07) is 2.88. The second-order valence-electron chi connectivity index (χ2n) is 5.77. The van der Waals surface area contributed by atoms with Gasteiger partial charge in [-0.25, -0.2) is 18.4 Å². The Balaban J connectivity index is 1.82. The number of rotatable bonds is 3. The summed E-state index contributed by atoms with van der Waals surface area (Å²) < 4.78 is 42.9. The van der Waals surface area contributed by atoms with E-state index in [0.717, 1.165) is 12.8 Å². The molecule has 1 amide bonds. The molecule has 0 bridgehead atoms. The lowest BCUT2D eigenvalue weighted by molar-refractivity contribution is -0.117. The number of benzene rings is 1. The zero-order chi connectivity index (χ0) is 17.1. The van der Waals surface area contributed by atoms with Crippen molar-refractivity contribution in [1.82, 2.24) is 14.3 Å². The van der Waals surface area contributed by atoms with Crippen molar-refractivity contribution in [3.63, 3.8) is 0 Å². The first-order chi connectivity index (χ1) is 11.4. The molecule has 2 aromatic rings. The highest BCUT2D eigenvalue weighted by atomic mass is 32.2. The number of hydrogen-bond donors (Lipinski definition) is 2. The minimum absolute atomic E-state index is 0.0525. The van der Waals surface area contributed by atoms with Crippen molar-refractivity contribution < 1.29 is 22.7 Å². The molecule has 10 heteroatoms. The molecule has 2 heterocycles. The maximum atomic E-state index is 14.9. The summed E-state index contributed by atoms with van der Waals surface area (Å²) in [7, 11) is -4.22. The Morgan fingerprint density at radius 1 is 1.33 bits per heavy atom. The maximum Gasteiger partial charge on any atom is 0.326 e. The summed E-state index contributed by atoms with van der Waals surface area (Å²) in [5.74, 6) is -2.31. The van der Waals surface area contributed by atoms with Gasteiger partial charge in [-0.1, -0.05) is 0 Å². The van der Waals surface area contributed by atoms with Crippen LogP contribution >= 0.6 is 0 Å². The van der Waals surface area contributed by atoms with Crippen LogP contribution in [0.1, 0.15) is 18.9 Å². The lowest BCUT2D eigenvalue weighted by atomic mass is 10.1. The normalized spacial score (nSPS) is 19.5. The average molecular weight is 352 g/mol. The first kappa shape index (κ1) is 14.9. The van der Waals surface area contributed by atoms with Crippen LogP contribution in [0.2, 0.25) is 0 Å². The Hall–Kier alpha value is -2.62. The van der Waals surface area contributed by atoms with Gasteiger partial charge < -0.3 is 9.67 Å². The third kappa shape index (κ3) is 2.30. The van der Waals surface area contributed by atoms with Crippen molar-refractivity contribution in [3.8, 4) is 17.0 Å². The number of aromatic nitrogens is 2. The number of aromatic hydroxyl groups is 1. The summed E-state index contributed by atoms with van der Waals surface area (Å²) in [6.07, 6.45) is 5.35. The first-order valence-corrected chi connectivity index (χ1v) is 8.69. The molecule has 4 rings (SSSR count). The summed E-state index contributed by atoms with van der Waals surface area (Å²) in [4.78, 5) is 15.5. The Kier molecular flexibility index (Phi) is 3.07. The van der Waals surface area contributed by atoms with Gasteiger partial charge in [-0.05, 0) is 25.0 Å². The van der Waals surface area contributed by atoms with Gasteiger partial charge in [0, 0.05) is 17.8 Å². The molecule has 0 spiro atoms. The van der Waals surface area contributed by atoms with E-state index in [1.54, 1.807) is 17.2 Å². The molecule has 2 N–H and O–H groups in total. The van der Waals surface area contributed by atoms with E-state index in [0.29, 0.717) is 16.0 Å². The molecular weight excluding hydrogens is 339 g/mol. The number of nitrogens with one attached hydrogen (secondary N) is 1. The van der Waals surface area contributed by atoms with Gasteiger partial charge >= 0.3 is 10.2 Å². The third-order valence-corrected chi connectivity index (χ3v) is 5.39. The Morgan fingerprint density at radius 2 is 2.08 bits per heavy atom. The molecule has 1 aliphatic carbocycles. The summed E-state index contributed by atoms with van der Waals surface area (Å²) in [5.41, 5.74) is -0.180. The topological polar surface area (TPSA) is 105 Å². The molecule has 0 radical (unpaired) electrons. The number of halogens is 1. The zero-order valence-corrected chi connectivity index (χ0v) is 13.1. The molecular formula is C14H13FN4O4S. The van der Waals surface area contributed by atoms with Crippen molar-refractivity contribution in [2.24, 2.45) is 0 Å². The lowest BCUT2D eigenvalue weighted by Crippen LogP contribution is -2.30. The van der Waals surface area contributed by atoms with Crippen LogP contribution < -0.4 is 9.03 Å². The monoisotopic (exact) mass is 352 g/mol. The van der Waals surface area contributed by atoms with Crippen LogP contribution in [0.4, 0.5) is 10.1 Å². The number of carbonyl (C=O) groups is 1. The molecule has 0 atom stereocenters.